The minimum Gasteiger partial charge on any atom is -0.378 e. The summed E-state index contributed by atoms with van der Waals surface area (Å²) in [6.45, 7) is 6.83. The van der Waals surface area contributed by atoms with Gasteiger partial charge in [-0.15, -0.1) is 0 Å². The number of ether oxygens (including phenoxy) is 1. The Kier molecular flexibility index (Phi) is 4.07. The number of hydrogen-bond acceptors (Lipinski definition) is 3. The fourth-order valence-electron chi connectivity index (χ4n) is 2.56. The third kappa shape index (κ3) is 2.81. The molecule has 0 unspecified atom stereocenters. The van der Waals surface area contributed by atoms with Crippen LogP contribution in [0.25, 0.3) is 0 Å². The summed E-state index contributed by atoms with van der Waals surface area (Å²) in [5.74, 6) is 0.467. The molecule has 2 atom stereocenters. The summed E-state index contributed by atoms with van der Waals surface area (Å²) >= 11 is 0. The molecule has 2 aliphatic heterocycles. The third-order valence-corrected chi connectivity index (χ3v) is 5.67. The van der Waals surface area contributed by atoms with Crippen LogP contribution in [0.15, 0.2) is 0 Å². The molecule has 0 amide bonds. The number of hydrogen-bond donors (Lipinski definition) is 0. The average molecular weight is 262 g/mol. The molecule has 0 N–H and O–H groups in total. The van der Waals surface area contributed by atoms with Gasteiger partial charge in [0.15, 0.2) is 0 Å². The van der Waals surface area contributed by atoms with E-state index in [-0.39, 0.29) is 6.04 Å². The van der Waals surface area contributed by atoms with Crippen molar-refractivity contribution in [3.8, 4) is 0 Å². The van der Waals surface area contributed by atoms with Crippen molar-refractivity contribution in [3.05, 3.63) is 0 Å². The summed E-state index contributed by atoms with van der Waals surface area (Å²) < 4.78 is 33.5. The van der Waals surface area contributed by atoms with Crippen molar-refractivity contribution in [2.45, 2.75) is 32.7 Å². The Morgan fingerprint density at radius 2 is 2.00 bits per heavy atom. The topological polar surface area (TPSA) is 49.9 Å². The first kappa shape index (κ1) is 13.3. The molecule has 17 heavy (non-hydrogen) atoms. The molecule has 2 fully saturated rings. The Balaban J connectivity index is 2.11. The molecule has 2 rings (SSSR count). The Hall–Kier alpha value is -0.170. The normalized spacial score (nSPS) is 33.8. The van der Waals surface area contributed by atoms with Gasteiger partial charge in [0, 0.05) is 25.7 Å². The summed E-state index contributed by atoms with van der Waals surface area (Å²) in [4.78, 5) is 0. The molecule has 0 spiro atoms. The van der Waals surface area contributed by atoms with Crippen LogP contribution in [0.1, 0.15) is 26.7 Å². The molecule has 5 nitrogen and oxygen atoms in total. The van der Waals surface area contributed by atoms with E-state index in [0.717, 1.165) is 12.8 Å². The highest BCUT2D eigenvalue weighted by Gasteiger charge is 2.36. The highest BCUT2D eigenvalue weighted by atomic mass is 32.2. The van der Waals surface area contributed by atoms with Crippen molar-refractivity contribution in [1.29, 1.82) is 0 Å². The lowest BCUT2D eigenvalue weighted by Gasteiger charge is -2.38. The van der Waals surface area contributed by atoms with E-state index in [2.05, 4.69) is 6.92 Å². The monoisotopic (exact) mass is 262 g/mol. The van der Waals surface area contributed by atoms with Gasteiger partial charge in [-0.05, 0) is 25.7 Å². The van der Waals surface area contributed by atoms with Crippen LogP contribution in [0.2, 0.25) is 0 Å². The maximum atomic E-state index is 12.5. The van der Waals surface area contributed by atoms with Crippen LogP contribution >= 0.6 is 0 Å². The quantitative estimate of drug-likeness (QED) is 0.735. The maximum Gasteiger partial charge on any atom is 0.282 e. The van der Waals surface area contributed by atoms with E-state index >= 15 is 0 Å². The van der Waals surface area contributed by atoms with Crippen molar-refractivity contribution in [3.63, 3.8) is 0 Å². The molecular weight excluding hydrogens is 240 g/mol. The van der Waals surface area contributed by atoms with Crippen LogP contribution in [0.5, 0.6) is 0 Å². The molecular formula is C11H22N2O3S. The van der Waals surface area contributed by atoms with Gasteiger partial charge in [0.05, 0.1) is 13.2 Å². The first-order valence-electron chi connectivity index (χ1n) is 6.36. The fourth-order valence-corrected chi connectivity index (χ4v) is 4.48. The van der Waals surface area contributed by atoms with E-state index in [4.69, 9.17) is 4.74 Å². The summed E-state index contributed by atoms with van der Waals surface area (Å²) in [7, 11) is -3.28. The fraction of sp³-hybridized carbons (Fsp3) is 1.00. The van der Waals surface area contributed by atoms with Crippen molar-refractivity contribution in [2.75, 3.05) is 32.8 Å². The summed E-state index contributed by atoms with van der Waals surface area (Å²) in [6, 6.07) is -0.0500. The number of nitrogens with zero attached hydrogens (tertiary/aromatic N) is 2. The van der Waals surface area contributed by atoms with Crippen LogP contribution in [0, 0.1) is 5.92 Å². The lowest BCUT2D eigenvalue weighted by Crippen LogP contribution is -2.54. The lowest BCUT2D eigenvalue weighted by molar-refractivity contribution is 0.0355. The zero-order valence-corrected chi connectivity index (χ0v) is 11.4. The van der Waals surface area contributed by atoms with Gasteiger partial charge in [-0.3, -0.25) is 0 Å². The summed E-state index contributed by atoms with van der Waals surface area (Å²) in [5, 5.41) is 0. The zero-order valence-electron chi connectivity index (χ0n) is 10.6. The van der Waals surface area contributed by atoms with Gasteiger partial charge in [0.2, 0.25) is 0 Å². The smallest absolute Gasteiger partial charge is 0.282 e. The van der Waals surface area contributed by atoms with Gasteiger partial charge in [0.1, 0.15) is 0 Å². The third-order valence-electron chi connectivity index (χ3n) is 3.55. The SMILES string of the molecule is C[C@@H]1CCCN(S(=O)(=O)N2CCOC[C@@H]2C)C1. The van der Waals surface area contributed by atoms with Gasteiger partial charge < -0.3 is 4.74 Å². The van der Waals surface area contributed by atoms with Gasteiger partial charge in [-0.1, -0.05) is 6.92 Å². The molecule has 0 aromatic rings. The Morgan fingerprint density at radius 3 is 2.65 bits per heavy atom. The van der Waals surface area contributed by atoms with Gasteiger partial charge in [-0.25, -0.2) is 0 Å². The number of morpholine rings is 1. The predicted octanol–water partition coefficient (Wildman–Crippen LogP) is 0.684. The van der Waals surface area contributed by atoms with Crippen molar-refractivity contribution in [2.24, 2.45) is 5.92 Å². The van der Waals surface area contributed by atoms with E-state index in [1.807, 2.05) is 6.92 Å². The molecule has 6 heteroatoms. The standard InChI is InChI=1S/C11H22N2O3S/c1-10-4-3-5-12(8-10)17(14,15)13-6-7-16-9-11(13)2/h10-11H,3-9H2,1-2H3/t10-,11+/m1/s1. The van der Waals surface area contributed by atoms with E-state index in [1.165, 1.54) is 0 Å². The van der Waals surface area contributed by atoms with Crippen LogP contribution in [0.3, 0.4) is 0 Å². The molecule has 2 heterocycles. The van der Waals surface area contributed by atoms with Crippen LogP contribution in [-0.2, 0) is 14.9 Å². The molecule has 0 aromatic carbocycles. The van der Waals surface area contributed by atoms with Crippen molar-refractivity contribution < 1.29 is 13.2 Å². The van der Waals surface area contributed by atoms with Crippen molar-refractivity contribution in [1.82, 2.24) is 8.61 Å². The molecule has 100 valence electrons. The van der Waals surface area contributed by atoms with E-state index in [9.17, 15) is 8.42 Å². The molecule has 0 aromatic heterocycles. The van der Waals surface area contributed by atoms with Gasteiger partial charge in [0.25, 0.3) is 10.2 Å². The Bertz CT molecular complexity index is 358. The molecule has 2 aliphatic rings. The second-order valence-corrected chi connectivity index (χ2v) is 7.03. The first-order chi connectivity index (χ1) is 8.01. The summed E-state index contributed by atoms with van der Waals surface area (Å²) in [6.07, 6.45) is 2.10. The lowest BCUT2D eigenvalue weighted by atomic mass is 10.0. The highest BCUT2D eigenvalue weighted by Crippen LogP contribution is 2.22. The molecule has 0 bridgehead atoms. The number of rotatable bonds is 2. The van der Waals surface area contributed by atoms with E-state index in [0.29, 0.717) is 38.8 Å². The molecule has 0 saturated carbocycles. The zero-order chi connectivity index (χ0) is 12.5. The van der Waals surface area contributed by atoms with E-state index < -0.39 is 10.2 Å². The Morgan fingerprint density at radius 1 is 1.24 bits per heavy atom. The number of piperidine rings is 1. The molecule has 2 saturated heterocycles. The minimum absolute atomic E-state index is 0.0500. The average Bonchev–Trinajstić information content (AvgIpc) is 2.29. The minimum atomic E-state index is -3.28. The predicted molar refractivity (Wildman–Crippen MR) is 65.9 cm³/mol. The Labute approximate surface area is 104 Å². The second-order valence-electron chi connectivity index (χ2n) is 5.15. The second kappa shape index (κ2) is 5.22. The van der Waals surface area contributed by atoms with Crippen molar-refractivity contribution >= 4 is 10.2 Å². The first-order valence-corrected chi connectivity index (χ1v) is 7.76. The van der Waals surface area contributed by atoms with Crippen LogP contribution < -0.4 is 0 Å². The highest BCUT2D eigenvalue weighted by molar-refractivity contribution is 7.86. The largest absolute Gasteiger partial charge is 0.378 e. The van der Waals surface area contributed by atoms with Crippen LogP contribution in [-0.4, -0.2) is 55.9 Å². The van der Waals surface area contributed by atoms with E-state index in [1.54, 1.807) is 8.61 Å². The molecule has 0 radical (unpaired) electrons. The van der Waals surface area contributed by atoms with Crippen LogP contribution in [0.4, 0.5) is 0 Å². The van der Waals surface area contributed by atoms with Gasteiger partial charge >= 0.3 is 0 Å². The molecule has 0 aliphatic carbocycles. The summed E-state index contributed by atoms with van der Waals surface area (Å²) in [5.41, 5.74) is 0. The van der Waals surface area contributed by atoms with Gasteiger partial charge in [-0.2, -0.15) is 17.0 Å². The maximum absolute atomic E-state index is 12.5.